The second-order valence-electron chi connectivity index (χ2n) is 8.05. The van der Waals surface area contributed by atoms with Crippen LogP contribution in [0.4, 0.5) is 11.5 Å². The van der Waals surface area contributed by atoms with E-state index in [1.807, 2.05) is 18.2 Å². The lowest BCUT2D eigenvalue weighted by Crippen LogP contribution is -2.45. The predicted molar refractivity (Wildman–Crippen MR) is 129 cm³/mol. The fraction of sp³-hybridized carbons (Fsp3) is 0.333. The van der Waals surface area contributed by atoms with Crippen molar-refractivity contribution < 1.29 is 9.59 Å². The van der Waals surface area contributed by atoms with Crippen LogP contribution >= 0.6 is 15.9 Å². The minimum atomic E-state index is -0.436. The number of para-hydroxylation sites is 2. The van der Waals surface area contributed by atoms with E-state index in [0.717, 1.165) is 36.6 Å². The first-order chi connectivity index (χ1) is 15.4. The molecule has 1 aliphatic carbocycles. The summed E-state index contributed by atoms with van der Waals surface area (Å²) in [5.41, 5.74) is 1.31. The monoisotopic (exact) mass is 496 g/mol. The van der Waals surface area contributed by atoms with Gasteiger partial charge in [-0.2, -0.15) is 0 Å². The fourth-order valence-corrected chi connectivity index (χ4v) is 4.72. The van der Waals surface area contributed by atoms with Gasteiger partial charge < -0.3 is 5.32 Å². The van der Waals surface area contributed by atoms with Crippen molar-refractivity contribution in [2.45, 2.75) is 51.6 Å². The van der Waals surface area contributed by atoms with Crippen LogP contribution in [0, 0.1) is 0 Å². The molecule has 8 heteroatoms. The van der Waals surface area contributed by atoms with E-state index in [9.17, 15) is 14.4 Å². The number of amides is 2. The number of fused-ring (bicyclic) bond motifs is 1. The summed E-state index contributed by atoms with van der Waals surface area (Å²) in [6.07, 6.45) is 4.86. The molecule has 32 heavy (non-hydrogen) atoms. The average Bonchev–Trinajstić information content (AvgIpc) is 2.77. The van der Waals surface area contributed by atoms with Crippen molar-refractivity contribution in [2.75, 3.05) is 10.2 Å². The molecule has 0 radical (unpaired) electrons. The smallest absolute Gasteiger partial charge is 0.294 e. The maximum absolute atomic E-state index is 13.5. The first kappa shape index (κ1) is 22.2. The van der Waals surface area contributed by atoms with Gasteiger partial charge in [-0.25, -0.2) is 4.98 Å². The highest BCUT2D eigenvalue weighted by Crippen LogP contribution is 2.26. The number of rotatable bonds is 5. The third-order valence-corrected chi connectivity index (χ3v) is 6.25. The summed E-state index contributed by atoms with van der Waals surface area (Å²) < 4.78 is 2.25. The Morgan fingerprint density at radius 3 is 2.59 bits per heavy atom. The van der Waals surface area contributed by atoms with E-state index in [1.54, 1.807) is 30.3 Å². The number of benzene rings is 2. The molecule has 3 aromatic rings. The van der Waals surface area contributed by atoms with E-state index >= 15 is 0 Å². The highest BCUT2D eigenvalue weighted by atomic mass is 79.9. The van der Waals surface area contributed by atoms with Crippen molar-refractivity contribution in [1.82, 2.24) is 9.55 Å². The number of hydrogen-bond acceptors (Lipinski definition) is 4. The first-order valence-electron chi connectivity index (χ1n) is 10.8. The molecule has 0 unspecified atom stereocenters. The summed E-state index contributed by atoms with van der Waals surface area (Å²) in [5, 5.41) is 2.83. The quantitative estimate of drug-likeness (QED) is 0.564. The van der Waals surface area contributed by atoms with Gasteiger partial charge in [0, 0.05) is 23.1 Å². The van der Waals surface area contributed by atoms with Gasteiger partial charge in [-0.15, -0.1) is 0 Å². The van der Waals surface area contributed by atoms with E-state index in [1.165, 1.54) is 16.4 Å². The molecule has 166 valence electrons. The number of carbonyl (C=O) groups is 2. The first-order valence-corrected chi connectivity index (χ1v) is 11.6. The Hall–Kier alpha value is -3.00. The molecule has 2 aromatic carbocycles. The highest BCUT2D eigenvalue weighted by Gasteiger charge is 2.29. The standard InChI is InChI=1S/C24H25BrN4O3/c1-16(30)29(19-10-3-2-4-11-19)23-24(32)28(21-13-6-5-12-20(21)27-23)15-22(31)26-18-9-7-8-17(25)14-18/h5-9,12-14,19H,2-4,10-11,15H2,1H3,(H,26,31). The normalized spacial score (nSPS) is 14.3. The molecule has 1 aliphatic rings. The molecule has 1 N–H and O–H groups in total. The second kappa shape index (κ2) is 9.65. The van der Waals surface area contributed by atoms with E-state index in [4.69, 9.17) is 0 Å². The van der Waals surface area contributed by atoms with Crippen molar-refractivity contribution >= 4 is 50.3 Å². The minimum absolute atomic E-state index is 0.0495. The van der Waals surface area contributed by atoms with Crippen molar-refractivity contribution in [3.05, 3.63) is 63.4 Å². The molecule has 1 saturated carbocycles. The zero-order valence-electron chi connectivity index (χ0n) is 17.9. The Labute approximate surface area is 194 Å². The van der Waals surface area contributed by atoms with Crippen molar-refractivity contribution in [1.29, 1.82) is 0 Å². The summed E-state index contributed by atoms with van der Waals surface area (Å²) in [4.78, 5) is 45.1. The van der Waals surface area contributed by atoms with E-state index < -0.39 is 5.56 Å². The van der Waals surface area contributed by atoms with Crippen LogP contribution in [0.5, 0.6) is 0 Å². The Bertz CT molecular complexity index is 1220. The van der Waals surface area contributed by atoms with E-state index in [2.05, 4.69) is 26.2 Å². The van der Waals surface area contributed by atoms with Crippen LogP contribution in [-0.2, 0) is 16.1 Å². The lowest BCUT2D eigenvalue weighted by atomic mass is 9.94. The van der Waals surface area contributed by atoms with Crippen LogP contribution in [0.3, 0.4) is 0 Å². The SMILES string of the molecule is CC(=O)N(c1nc2ccccc2n(CC(=O)Nc2cccc(Br)c2)c1=O)C1CCCCC1. The molecular formula is C24H25BrN4O3. The minimum Gasteiger partial charge on any atom is -0.324 e. The molecule has 7 nitrogen and oxygen atoms in total. The van der Waals surface area contributed by atoms with Crippen LogP contribution in [0.1, 0.15) is 39.0 Å². The van der Waals surface area contributed by atoms with Crippen LogP contribution in [-0.4, -0.2) is 27.4 Å². The molecule has 1 heterocycles. The highest BCUT2D eigenvalue weighted by molar-refractivity contribution is 9.10. The van der Waals surface area contributed by atoms with Gasteiger partial charge in [-0.1, -0.05) is 53.4 Å². The van der Waals surface area contributed by atoms with Crippen LogP contribution < -0.4 is 15.8 Å². The number of aromatic nitrogens is 2. The third-order valence-electron chi connectivity index (χ3n) is 5.75. The number of nitrogens with one attached hydrogen (secondary N) is 1. The van der Waals surface area contributed by atoms with Gasteiger partial charge in [0.2, 0.25) is 17.6 Å². The number of anilines is 2. The third kappa shape index (κ3) is 4.75. The molecule has 2 amide bonds. The van der Waals surface area contributed by atoms with Gasteiger partial charge in [0.1, 0.15) is 6.54 Å². The maximum atomic E-state index is 13.5. The lowest BCUT2D eigenvalue weighted by molar-refractivity contribution is -0.117. The lowest BCUT2D eigenvalue weighted by Gasteiger charge is -2.32. The van der Waals surface area contributed by atoms with Crippen LogP contribution in [0.2, 0.25) is 0 Å². The summed E-state index contributed by atoms with van der Waals surface area (Å²) in [5.74, 6) is -0.445. The second-order valence-corrected chi connectivity index (χ2v) is 8.97. The molecule has 0 spiro atoms. The maximum Gasteiger partial charge on any atom is 0.294 e. The van der Waals surface area contributed by atoms with Gasteiger partial charge in [-0.05, 0) is 43.2 Å². The van der Waals surface area contributed by atoms with Crippen molar-refractivity contribution in [2.24, 2.45) is 0 Å². The summed E-state index contributed by atoms with van der Waals surface area (Å²) in [7, 11) is 0. The Morgan fingerprint density at radius 2 is 1.88 bits per heavy atom. The molecule has 4 rings (SSSR count). The van der Waals surface area contributed by atoms with Crippen molar-refractivity contribution in [3.8, 4) is 0 Å². The molecule has 1 aromatic heterocycles. The van der Waals surface area contributed by atoms with E-state index in [0.29, 0.717) is 16.7 Å². The van der Waals surface area contributed by atoms with Gasteiger partial charge in [0.05, 0.1) is 11.0 Å². The summed E-state index contributed by atoms with van der Waals surface area (Å²) in [6, 6.07) is 14.4. The molecule has 0 aliphatic heterocycles. The average molecular weight is 497 g/mol. The largest absolute Gasteiger partial charge is 0.324 e. The van der Waals surface area contributed by atoms with E-state index in [-0.39, 0.29) is 30.2 Å². The predicted octanol–water partition coefficient (Wildman–Crippen LogP) is 4.48. The molecule has 1 fully saturated rings. The number of nitrogens with zero attached hydrogens (tertiary/aromatic N) is 3. The van der Waals surface area contributed by atoms with Gasteiger partial charge in [0.25, 0.3) is 5.56 Å². The molecular weight excluding hydrogens is 472 g/mol. The Balaban J connectivity index is 1.74. The summed E-state index contributed by atoms with van der Waals surface area (Å²) >= 11 is 3.39. The number of carbonyl (C=O) groups excluding carboxylic acids is 2. The molecule has 0 bridgehead atoms. The van der Waals surface area contributed by atoms with Crippen LogP contribution in [0.15, 0.2) is 57.8 Å². The Kier molecular flexibility index (Phi) is 6.69. The van der Waals surface area contributed by atoms with Gasteiger partial charge in [0.15, 0.2) is 0 Å². The zero-order chi connectivity index (χ0) is 22.7. The zero-order valence-corrected chi connectivity index (χ0v) is 19.5. The van der Waals surface area contributed by atoms with Gasteiger partial charge >= 0.3 is 0 Å². The summed E-state index contributed by atoms with van der Waals surface area (Å²) in [6.45, 7) is 1.28. The molecule has 0 atom stereocenters. The van der Waals surface area contributed by atoms with Crippen molar-refractivity contribution in [3.63, 3.8) is 0 Å². The topological polar surface area (TPSA) is 84.3 Å². The van der Waals surface area contributed by atoms with Gasteiger partial charge in [-0.3, -0.25) is 23.9 Å². The number of halogens is 1. The Morgan fingerprint density at radius 1 is 1.12 bits per heavy atom. The number of hydrogen-bond donors (Lipinski definition) is 1. The molecule has 0 saturated heterocycles. The van der Waals surface area contributed by atoms with Crippen LogP contribution in [0.25, 0.3) is 11.0 Å². The fourth-order valence-electron chi connectivity index (χ4n) is 4.32.